The molecule has 0 aliphatic rings. The minimum absolute atomic E-state index is 0.0134. The average Bonchev–Trinajstić information content (AvgIpc) is 2.66. The average molecular weight is 319 g/mol. The van der Waals surface area contributed by atoms with Crippen molar-refractivity contribution in [3.8, 4) is 0 Å². The molecule has 100 valence electrons. The number of hydrogen-bond donors (Lipinski definition) is 0. The van der Waals surface area contributed by atoms with E-state index in [9.17, 15) is 0 Å². The lowest BCUT2D eigenvalue weighted by Gasteiger charge is -2.09. The molecule has 2 rings (SSSR count). The smallest absolute Gasteiger partial charge is 0.140 e. The van der Waals surface area contributed by atoms with Crippen LogP contribution in [0, 0.1) is 0 Å². The summed E-state index contributed by atoms with van der Waals surface area (Å²) in [5.41, 5.74) is -0.0268. The molecule has 0 fully saturated rings. The standard InChI is InChI=1S/C12H18N2S4/c1-11(2,3)13-9-7-8(16-17-9)10(18-15-7)14-12(4,5)6/h1-6H3. The van der Waals surface area contributed by atoms with Crippen molar-refractivity contribution in [2.75, 3.05) is 0 Å². The zero-order valence-corrected chi connectivity index (χ0v) is 14.8. The molecule has 2 aromatic rings. The van der Waals surface area contributed by atoms with Crippen molar-refractivity contribution in [1.29, 1.82) is 0 Å². The van der Waals surface area contributed by atoms with Crippen LogP contribution in [0.4, 0.5) is 0 Å². The predicted octanol–water partition coefficient (Wildman–Crippen LogP) is 4.48. The van der Waals surface area contributed by atoms with Gasteiger partial charge in [-0.1, -0.05) is 41.4 Å². The molecule has 0 aliphatic carbocycles. The van der Waals surface area contributed by atoms with Gasteiger partial charge in [-0.2, -0.15) is 0 Å². The van der Waals surface area contributed by atoms with Gasteiger partial charge in [0, 0.05) is 0 Å². The van der Waals surface area contributed by atoms with Gasteiger partial charge in [0.15, 0.2) is 0 Å². The molecule has 0 atom stereocenters. The van der Waals surface area contributed by atoms with Gasteiger partial charge in [-0.3, -0.25) is 9.98 Å². The Balaban J connectivity index is 2.67. The summed E-state index contributed by atoms with van der Waals surface area (Å²) in [6.45, 7) is 12.8. The van der Waals surface area contributed by atoms with Crippen LogP contribution in [0.25, 0.3) is 9.40 Å². The van der Waals surface area contributed by atoms with Crippen LogP contribution in [0.2, 0.25) is 0 Å². The molecule has 2 heterocycles. The Bertz CT molecular complexity index is 608. The van der Waals surface area contributed by atoms with Gasteiger partial charge in [0.25, 0.3) is 0 Å². The molecular formula is C12H18N2S4. The molecule has 0 unspecified atom stereocenters. The van der Waals surface area contributed by atoms with E-state index < -0.39 is 0 Å². The second-order valence-electron chi connectivity index (χ2n) is 6.17. The third-order valence-electron chi connectivity index (χ3n) is 1.88. The van der Waals surface area contributed by atoms with Crippen molar-refractivity contribution in [2.45, 2.75) is 52.6 Å². The first-order chi connectivity index (χ1) is 8.16. The SMILES string of the molecule is CC(C)(C)N=c1ssc2c(=NC(C)(C)C)ssc12. The highest BCUT2D eigenvalue weighted by Crippen LogP contribution is 2.26. The van der Waals surface area contributed by atoms with Crippen LogP contribution >= 0.6 is 41.4 Å². The fourth-order valence-electron chi connectivity index (χ4n) is 1.33. The fourth-order valence-corrected chi connectivity index (χ4v) is 7.71. The first-order valence-electron chi connectivity index (χ1n) is 5.79. The minimum atomic E-state index is -0.0134. The first kappa shape index (κ1) is 14.4. The van der Waals surface area contributed by atoms with Crippen LogP contribution in [0.1, 0.15) is 41.5 Å². The summed E-state index contributed by atoms with van der Waals surface area (Å²) >= 11 is 0. The van der Waals surface area contributed by atoms with Crippen molar-refractivity contribution in [2.24, 2.45) is 9.98 Å². The maximum Gasteiger partial charge on any atom is 0.140 e. The highest BCUT2D eigenvalue weighted by atomic mass is 32.9. The zero-order valence-electron chi connectivity index (χ0n) is 11.5. The molecule has 0 aliphatic heterocycles. The van der Waals surface area contributed by atoms with E-state index in [1.807, 2.05) is 0 Å². The zero-order chi connectivity index (χ0) is 13.6. The van der Waals surface area contributed by atoms with Crippen LogP contribution in [-0.4, -0.2) is 11.1 Å². The quantitative estimate of drug-likeness (QED) is 0.640. The molecular weight excluding hydrogens is 300 g/mol. The molecule has 6 heteroatoms. The monoisotopic (exact) mass is 318 g/mol. The van der Waals surface area contributed by atoms with E-state index in [2.05, 4.69) is 41.5 Å². The first-order valence-corrected chi connectivity index (χ1v) is 10.1. The Morgan fingerprint density at radius 1 is 0.611 bits per heavy atom. The van der Waals surface area contributed by atoms with Crippen molar-refractivity contribution in [1.82, 2.24) is 0 Å². The normalized spacial score (nSPS) is 15.9. The van der Waals surface area contributed by atoms with E-state index in [4.69, 9.17) is 9.98 Å². The fraction of sp³-hybridized carbons (Fsp3) is 0.667. The van der Waals surface area contributed by atoms with E-state index in [1.54, 1.807) is 41.4 Å². The van der Waals surface area contributed by atoms with Crippen LogP contribution in [0.15, 0.2) is 9.98 Å². The summed E-state index contributed by atoms with van der Waals surface area (Å²) in [5.74, 6) is 0. The maximum absolute atomic E-state index is 4.79. The number of nitrogens with zero attached hydrogens (tertiary/aromatic N) is 2. The summed E-state index contributed by atoms with van der Waals surface area (Å²) < 4.78 is 4.96. The Kier molecular flexibility index (Phi) is 3.84. The highest BCUT2D eigenvalue weighted by molar-refractivity contribution is 7.78. The van der Waals surface area contributed by atoms with Crippen LogP contribution < -0.4 is 9.34 Å². The van der Waals surface area contributed by atoms with Gasteiger partial charge in [-0.15, -0.1) is 0 Å². The topological polar surface area (TPSA) is 24.7 Å². The molecule has 0 bridgehead atoms. The highest BCUT2D eigenvalue weighted by Gasteiger charge is 2.13. The minimum Gasteiger partial charge on any atom is -0.267 e. The van der Waals surface area contributed by atoms with Crippen molar-refractivity contribution in [3.63, 3.8) is 0 Å². The van der Waals surface area contributed by atoms with Crippen molar-refractivity contribution >= 4 is 50.8 Å². The van der Waals surface area contributed by atoms with Gasteiger partial charge >= 0.3 is 0 Å². The molecule has 0 spiro atoms. The summed E-state index contributed by atoms with van der Waals surface area (Å²) in [4.78, 5) is 9.59. The molecule has 0 saturated heterocycles. The second kappa shape index (κ2) is 4.81. The number of rotatable bonds is 0. The van der Waals surface area contributed by atoms with Crippen LogP contribution in [-0.2, 0) is 0 Å². The van der Waals surface area contributed by atoms with Crippen molar-refractivity contribution in [3.05, 3.63) is 9.34 Å². The molecule has 0 amide bonds. The molecule has 0 aromatic carbocycles. The second-order valence-corrected chi connectivity index (χ2v) is 10.4. The van der Waals surface area contributed by atoms with Gasteiger partial charge in [0.05, 0.1) is 20.5 Å². The van der Waals surface area contributed by atoms with Gasteiger partial charge in [-0.05, 0) is 41.5 Å². The van der Waals surface area contributed by atoms with E-state index in [0.29, 0.717) is 0 Å². The van der Waals surface area contributed by atoms with Gasteiger partial charge < -0.3 is 0 Å². The maximum atomic E-state index is 4.79. The van der Waals surface area contributed by atoms with Gasteiger partial charge in [0.2, 0.25) is 0 Å². The molecule has 2 nitrogen and oxygen atoms in total. The van der Waals surface area contributed by atoms with Crippen LogP contribution in [0.3, 0.4) is 0 Å². The lowest BCUT2D eigenvalue weighted by molar-refractivity contribution is 0.570. The predicted molar refractivity (Wildman–Crippen MR) is 86.1 cm³/mol. The molecule has 0 radical (unpaired) electrons. The molecule has 2 aromatic heterocycles. The van der Waals surface area contributed by atoms with E-state index >= 15 is 0 Å². The largest absolute Gasteiger partial charge is 0.267 e. The van der Waals surface area contributed by atoms with Crippen molar-refractivity contribution < 1.29 is 0 Å². The molecule has 18 heavy (non-hydrogen) atoms. The lowest BCUT2D eigenvalue weighted by atomic mass is 10.1. The third-order valence-corrected chi connectivity index (χ3v) is 6.91. The molecule has 0 N–H and O–H groups in total. The Morgan fingerprint density at radius 2 is 0.944 bits per heavy atom. The number of fused-ring (bicyclic) bond motifs is 1. The van der Waals surface area contributed by atoms with E-state index in [1.165, 1.54) is 18.7 Å². The van der Waals surface area contributed by atoms with E-state index in [0.717, 1.165) is 0 Å². The summed E-state index contributed by atoms with van der Waals surface area (Å²) in [6, 6.07) is 0. The Morgan fingerprint density at radius 3 is 1.22 bits per heavy atom. The number of hydrogen-bond acceptors (Lipinski definition) is 6. The summed E-state index contributed by atoms with van der Waals surface area (Å²) in [5, 5.41) is 0. The molecule has 0 saturated carbocycles. The van der Waals surface area contributed by atoms with E-state index in [-0.39, 0.29) is 11.1 Å². The van der Waals surface area contributed by atoms with Crippen LogP contribution in [0.5, 0.6) is 0 Å². The van der Waals surface area contributed by atoms with Gasteiger partial charge in [0.1, 0.15) is 9.34 Å². The Labute approximate surface area is 122 Å². The Hall–Kier alpha value is -0.0400. The van der Waals surface area contributed by atoms with Gasteiger partial charge in [-0.25, -0.2) is 0 Å². The summed E-state index contributed by atoms with van der Waals surface area (Å²) in [6.07, 6.45) is 0. The lowest BCUT2D eigenvalue weighted by Crippen LogP contribution is -2.15. The third kappa shape index (κ3) is 3.50. The summed E-state index contributed by atoms with van der Waals surface area (Å²) in [7, 11) is 7.14.